The Bertz CT molecular complexity index is 1190. The van der Waals surface area contributed by atoms with Gasteiger partial charge in [-0.1, -0.05) is 497 Å². The van der Waals surface area contributed by atoms with Crippen molar-refractivity contribution in [3.05, 3.63) is 0 Å². The Balaban J connectivity index is -0.000000368. The Hall–Kier alpha value is -1.67. The average molecular weight is 1390 g/mol. The van der Waals surface area contributed by atoms with E-state index in [9.17, 15) is 14.4 Å². The Labute approximate surface area is 617 Å². The van der Waals surface area contributed by atoms with Gasteiger partial charge in [-0.2, -0.15) is 0 Å². The van der Waals surface area contributed by atoms with Gasteiger partial charge in [0.25, 0.3) is 0 Å². The highest BCUT2D eigenvalue weighted by molar-refractivity contribution is 5.67. The molecular formula is C90H186N2O6. The molecule has 0 saturated heterocycles. The largest absolute Gasteiger partial charge is 0.481 e. The van der Waals surface area contributed by atoms with Crippen molar-refractivity contribution in [1.29, 1.82) is 0 Å². The molecular weight excluding hydrogens is 1200 g/mol. The van der Waals surface area contributed by atoms with Crippen LogP contribution in [0.3, 0.4) is 0 Å². The maximum atomic E-state index is 10.3. The number of unbranched alkanes of at least 4 members (excludes halogenated alkanes) is 72. The molecule has 0 aliphatic heterocycles. The molecule has 0 aromatic rings. The highest BCUT2D eigenvalue weighted by Gasteiger charge is 2.02. The quantitative estimate of drug-likeness (QED) is 0.0376. The van der Waals surface area contributed by atoms with Crippen molar-refractivity contribution in [2.75, 3.05) is 13.1 Å². The van der Waals surface area contributed by atoms with Gasteiger partial charge in [0.1, 0.15) is 0 Å². The molecule has 0 rings (SSSR count). The Morgan fingerprint density at radius 3 is 0.316 bits per heavy atom. The third-order valence-electron chi connectivity index (χ3n) is 20.1. The molecule has 0 aromatic carbocycles. The van der Waals surface area contributed by atoms with Gasteiger partial charge in [-0.25, -0.2) is 0 Å². The smallest absolute Gasteiger partial charge is 0.303 e. The fraction of sp³-hybridized carbons (Fsp3) is 0.967. The summed E-state index contributed by atoms with van der Waals surface area (Å²) in [5.74, 6) is -1.96. The van der Waals surface area contributed by atoms with Crippen molar-refractivity contribution < 1.29 is 29.7 Å². The first kappa shape index (κ1) is 105. The van der Waals surface area contributed by atoms with Gasteiger partial charge in [-0.05, 0) is 45.2 Å². The van der Waals surface area contributed by atoms with Crippen LogP contribution in [-0.2, 0) is 14.4 Å². The summed E-state index contributed by atoms with van der Waals surface area (Å²) in [6.07, 6.45) is 106. The number of carboxylic acid groups (broad SMARTS) is 3. The van der Waals surface area contributed by atoms with Crippen LogP contribution in [0.4, 0.5) is 0 Å². The van der Waals surface area contributed by atoms with Crippen LogP contribution in [0.5, 0.6) is 0 Å². The lowest BCUT2D eigenvalue weighted by Crippen LogP contribution is -1.97. The maximum absolute atomic E-state index is 10.3. The van der Waals surface area contributed by atoms with E-state index in [1.807, 2.05) is 0 Å². The number of carbonyl (C=O) groups is 3. The lowest BCUT2D eigenvalue weighted by atomic mass is 10.0. The molecule has 0 spiro atoms. The summed E-state index contributed by atoms with van der Waals surface area (Å²) in [5, 5.41) is 25.6. The van der Waals surface area contributed by atoms with Gasteiger partial charge in [0.2, 0.25) is 0 Å². The third kappa shape index (κ3) is 124. The predicted octanol–water partition coefficient (Wildman–Crippen LogP) is 31.4. The summed E-state index contributed by atoms with van der Waals surface area (Å²) in [5.41, 5.74) is 11.0. The van der Waals surface area contributed by atoms with Crippen molar-refractivity contribution in [2.45, 2.75) is 548 Å². The van der Waals surface area contributed by atoms with Gasteiger partial charge >= 0.3 is 17.9 Å². The number of carboxylic acids is 3. The molecule has 0 aromatic heterocycles. The second-order valence-corrected chi connectivity index (χ2v) is 30.5. The van der Waals surface area contributed by atoms with Crippen LogP contribution >= 0.6 is 0 Å². The van der Waals surface area contributed by atoms with Crippen molar-refractivity contribution in [3.63, 3.8) is 0 Å². The molecule has 0 atom stereocenters. The monoisotopic (exact) mass is 1390 g/mol. The third-order valence-corrected chi connectivity index (χ3v) is 20.1. The minimum atomic E-state index is -0.653. The fourth-order valence-corrected chi connectivity index (χ4v) is 13.3. The summed E-state index contributed by atoms with van der Waals surface area (Å²) in [6, 6.07) is 0. The molecule has 0 amide bonds. The van der Waals surface area contributed by atoms with Crippen LogP contribution in [0.15, 0.2) is 0 Å². The van der Waals surface area contributed by atoms with Crippen LogP contribution in [0.25, 0.3) is 0 Å². The van der Waals surface area contributed by atoms with Gasteiger partial charge in [0.05, 0.1) is 0 Å². The molecule has 0 radical (unpaired) electrons. The molecule has 8 heteroatoms. The van der Waals surface area contributed by atoms with E-state index in [-0.39, 0.29) is 0 Å². The number of hydrogen-bond donors (Lipinski definition) is 5. The van der Waals surface area contributed by atoms with Gasteiger partial charge in [0, 0.05) is 19.3 Å². The van der Waals surface area contributed by atoms with Crippen LogP contribution in [0.1, 0.15) is 548 Å². The molecule has 0 saturated carbocycles. The Morgan fingerprint density at radius 1 is 0.153 bits per heavy atom. The molecule has 98 heavy (non-hydrogen) atoms. The normalized spacial score (nSPS) is 10.9. The van der Waals surface area contributed by atoms with Gasteiger partial charge in [0.15, 0.2) is 0 Å². The standard InChI is InChI=1S/2C18H39N.3C18H36O2/c2*1-2-3-4-5-6-7-8-9-10-11-12-13-14-15-16-17-18-19;3*1-2-3-4-5-6-7-8-9-10-11-12-13-14-15-16-17-18(19)20/h2*2-19H2,1H3;3*2-17H2,1H3,(H,19,20). The van der Waals surface area contributed by atoms with E-state index in [0.29, 0.717) is 19.3 Å². The molecule has 0 heterocycles. The van der Waals surface area contributed by atoms with Crippen molar-refractivity contribution >= 4 is 17.9 Å². The predicted molar refractivity (Wildman–Crippen MR) is 439 cm³/mol. The molecule has 0 bridgehead atoms. The second kappa shape index (κ2) is 106. The van der Waals surface area contributed by atoms with Crippen LogP contribution in [0.2, 0.25) is 0 Å². The zero-order chi connectivity index (χ0) is 72.7. The summed E-state index contributed by atoms with van der Waals surface area (Å²) >= 11 is 0. The molecule has 7 N–H and O–H groups in total. The lowest BCUT2D eigenvalue weighted by Gasteiger charge is -2.03. The first-order chi connectivity index (χ1) is 48.1. The summed E-state index contributed by atoms with van der Waals surface area (Å²) in [4.78, 5) is 31.0. The Kier molecular flexibility index (Phi) is 114. The van der Waals surface area contributed by atoms with Crippen LogP contribution in [0, 0.1) is 0 Å². The number of aliphatic carboxylic acids is 3. The highest BCUT2D eigenvalue weighted by Crippen LogP contribution is 2.20. The molecule has 0 fully saturated rings. The molecule has 0 unspecified atom stereocenters. The fourth-order valence-electron chi connectivity index (χ4n) is 13.3. The van der Waals surface area contributed by atoms with Gasteiger partial charge in [-0.3, -0.25) is 14.4 Å². The van der Waals surface area contributed by atoms with Crippen LogP contribution in [-0.4, -0.2) is 46.3 Å². The summed E-state index contributed by atoms with van der Waals surface area (Å²) < 4.78 is 0. The average Bonchev–Trinajstić information content (AvgIpc) is 3.60. The van der Waals surface area contributed by atoms with Crippen molar-refractivity contribution in [3.8, 4) is 0 Å². The maximum Gasteiger partial charge on any atom is 0.303 e. The minimum Gasteiger partial charge on any atom is -0.481 e. The van der Waals surface area contributed by atoms with E-state index in [0.717, 1.165) is 51.6 Å². The van der Waals surface area contributed by atoms with E-state index in [2.05, 4.69) is 34.6 Å². The number of hydrogen-bond acceptors (Lipinski definition) is 5. The summed E-state index contributed by atoms with van der Waals surface area (Å²) in [7, 11) is 0. The van der Waals surface area contributed by atoms with E-state index in [1.54, 1.807) is 0 Å². The van der Waals surface area contributed by atoms with E-state index in [1.165, 1.54) is 456 Å². The first-order valence-electron chi connectivity index (χ1n) is 45.2. The molecule has 0 aliphatic rings. The minimum absolute atomic E-state index is 0.345. The van der Waals surface area contributed by atoms with Gasteiger partial charge in [-0.15, -0.1) is 0 Å². The van der Waals surface area contributed by atoms with E-state index < -0.39 is 17.9 Å². The molecule has 8 nitrogen and oxygen atoms in total. The first-order valence-corrected chi connectivity index (χ1v) is 45.2. The number of rotatable bonds is 80. The molecule has 0 aliphatic carbocycles. The SMILES string of the molecule is CCCCCCCCCCCCCCCCCC(=O)O.CCCCCCCCCCCCCCCCCC(=O)O.CCCCCCCCCCCCCCCCCC(=O)O.CCCCCCCCCCCCCCCCCCN.CCCCCCCCCCCCCCCCCCN. The zero-order valence-corrected chi connectivity index (χ0v) is 68.2. The topological polar surface area (TPSA) is 164 Å². The van der Waals surface area contributed by atoms with Crippen molar-refractivity contribution in [1.82, 2.24) is 0 Å². The van der Waals surface area contributed by atoms with E-state index in [4.69, 9.17) is 26.8 Å². The van der Waals surface area contributed by atoms with Crippen LogP contribution < -0.4 is 11.5 Å². The van der Waals surface area contributed by atoms with E-state index >= 15 is 0 Å². The zero-order valence-electron chi connectivity index (χ0n) is 68.2. The van der Waals surface area contributed by atoms with Crippen molar-refractivity contribution in [2.24, 2.45) is 11.5 Å². The van der Waals surface area contributed by atoms with Gasteiger partial charge < -0.3 is 26.8 Å². The highest BCUT2D eigenvalue weighted by atomic mass is 16.4. The Morgan fingerprint density at radius 2 is 0.235 bits per heavy atom. The number of nitrogens with two attached hydrogens (primary N) is 2. The summed E-state index contributed by atoms with van der Waals surface area (Å²) in [6.45, 7) is 13.1. The second-order valence-electron chi connectivity index (χ2n) is 30.5. The molecule has 592 valence electrons. The lowest BCUT2D eigenvalue weighted by molar-refractivity contribution is -0.138.